The van der Waals surface area contributed by atoms with Crippen molar-refractivity contribution < 1.29 is 13.9 Å². The summed E-state index contributed by atoms with van der Waals surface area (Å²) in [4.78, 5) is 11.5. The fourth-order valence-corrected chi connectivity index (χ4v) is 1.93. The summed E-state index contributed by atoms with van der Waals surface area (Å²) in [5, 5.41) is 5.57. The lowest BCUT2D eigenvalue weighted by atomic mass is 10.1. The molecule has 1 amide bonds. The highest BCUT2D eigenvalue weighted by atomic mass is 19.1. The number of amides is 1. The van der Waals surface area contributed by atoms with Crippen LogP contribution in [0.4, 0.5) is 4.39 Å². The van der Waals surface area contributed by atoms with Gasteiger partial charge in [-0.05, 0) is 50.4 Å². The molecule has 110 valence electrons. The Kier molecular flexibility index (Phi) is 4.95. The summed E-state index contributed by atoms with van der Waals surface area (Å²) < 4.78 is 19.4. The summed E-state index contributed by atoms with van der Waals surface area (Å²) in [6, 6.07) is 4.61. The van der Waals surface area contributed by atoms with Crippen LogP contribution in [-0.2, 0) is 4.79 Å². The second-order valence-corrected chi connectivity index (χ2v) is 5.26. The van der Waals surface area contributed by atoms with E-state index in [1.807, 2.05) is 6.92 Å². The van der Waals surface area contributed by atoms with Crippen LogP contribution >= 0.6 is 0 Å². The number of rotatable bonds is 7. The molecule has 0 radical (unpaired) electrons. The number of halogens is 1. The van der Waals surface area contributed by atoms with Gasteiger partial charge in [-0.25, -0.2) is 4.39 Å². The van der Waals surface area contributed by atoms with E-state index in [0.29, 0.717) is 12.5 Å². The Labute approximate surface area is 118 Å². The zero-order valence-corrected chi connectivity index (χ0v) is 11.9. The van der Waals surface area contributed by atoms with E-state index in [9.17, 15) is 9.18 Å². The normalized spacial score (nSPS) is 15.8. The molecule has 1 atom stereocenters. The number of benzene rings is 1. The first-order valence-electron chi connectivity index (χ1n) is 6.96. The second-order valence-electron chi connectivity index (χ2n) is 5.26. The number of hydrogen-bond donors (Lipinski definition) is 2. The van der Waals surface area contributed by atoms with Crippen LogP contribution in [-0.4, -0.2) is 26.1 Å². The van der Waals surface area contributed by atoms with E-state index in [1.165, 1.54) is 18.9 Å². The summed E-state index contributed by atoms with van der Waals surface area (Å²) in [7, 11) is 1.70. The van der Waals surface area contributed by atoms with E-state index >= 15 is 0 Å². The van der Waals surface area contributed by atoms with Gasteiger partial charge in [-0.15, -0.1) is 0 Å². The highest BCUT2D eigenvalue weighted by Crippen LogP contribution is 2.30. The van der Waals surface area contributed by atoms with Crippen molar-refractivity contribution in [3.8, 4) is 5.75 Å². The number of ether oxygens (including phenoxy) is 1. The van der Waals surface area contributed by atoms with Crippen LogP contribution in [0.2, 0.25) is 0 Å². The van der Waals surface area contributed by atoms with Crippen LogP contribution in [0, 0.1) is 11.7 Å². The lowest BCUT2D eigenvalue weighted by Gasteiger charge is -2.15. The maximum Gasteiger partial charge on any atom is 0.234 e. The van der Waals surface area contributed by atoms with E-state index in [4.69, 9.17) is 4.74 Å². The lowest BCUT2D eigenvalue weighted by Crippen LogP contribution is -2.33. The van der Waals surface area contributed by atoms with Gasteiger partial charge in [0.1, 0.15) is 0 Å². The molecule has 4 nitrogen and oxygen atoms in total. The van der Waals surface area contributed by atoms with Gasteiger partial charge in [0, 0.05) is 0 Å². The van der Waals surface area contributed by atoms with Crippen molar-refractivity contribution in [1.82, 2.24) is 10.6 Å². The highest BCUT2D eigenvalue weighted by molar-refractivity contribution is 5.78. The van der Waals surface area contributed by atoms with Crippen molar-refractivity contribution in [2.75, 3.05) is 20.2 Å². The van der Waals surface area contributed by atoms with Gasteiger partial charge in [-0.2, -0.15) is 0 Å². The summed E-state index contributed by atoms with van der Waals surface area (Å²) in [5.74, 6) is 0.385. The molecule has 2 rings (SSSR count). The maximum absolute atomic E-state index is 13.9. The minimum atomic E-state index is -0.377. The molecule has 5 heteroatoms. The molecule has 1 aromatic carbocycles. The number of hydrogen-bond acceptors (Lipinski definition) is 3. The average Bonchev–Trinajstić information content (AvgIpc) is 3.21. The van der Waals surface area contributed by atoms with Gasteiger partial charge in [0.05, 0.1) is 19.2 Å². The van der Waals surface area contributed by atoms with Gasteiger partial charge < -0.3 is 15.4 Å². The first-order valence-corrected chi connectivity index (χ1v) is 6.96. The molecular weight excluding hydrogens is 259 g/mol. The quantitative estimate of drug-likeness (QED) is 0.803. The molecule has 1 saturated carbocycles. The maximum atomic E-state index is 13.9. The van der Waals surface area contributed by atoms with Gasteiger partial charge in [-0.1, -0.05) is 6.07 Å². The van der Waals surface area contributed by atoms with E-state index in [1.54, 1.807) is 19.2 Å². The third kappa shape index (κ3) is 4.20. The Morgan fingerprint density at radius 1 is 1.50 bits per heavy atom. The van der Waals surface area contributed by atoms with Crippen molar-refractivity contribution in [3.05, 3.63) is 29.6 Å². The molecule has 1 fully saturated rings. The Hall–Kier alpha value is -1.62. The Bertz CT molecular complexity index is 475. The Balaban J connectivity index is 1.94. The van der Waals surface area contributed by atoms with Gasteiger partial charge in [0.15, 0.2) is 11.6 Å². The molecule has 1 aliphatic rings. The van der Waals surface area contributed by atoms with Crippen molar-refractivity contribution in [2.45, 2.75) is 25.8 Å². The minimum absolute atomic E-state index is 0.116. The van der Waals surface area contributed by atoms with Gasteiger partial charge >= 0.3 is 0 Å². The lowest BCUT2D eigenvalue weighted by molar-refractivity contribution is -0.120. The largest absolute Gasteiger partial charge is 0.490 e. The standard InChI is InChI=1S/C15H21FN2O2/c1-10(18-15(19)8-17-2)12-5-6-14(13(16)7-12)20-9-11-3-4-11/h5-7,10-11,17H,3-4,8-9H2,1-2H3,(H,18,19). The predicted molar refractivity (Wildman–Crippen MR) is 75.1 cm³/mol. The third-order valence-electron chi connectivity index (χ3n) is 3.34. The summed E-state index contributed by atoms with van der Waals surface area (Å²) in [5.41, 5.74) is 0.728. The first kappa shape index (κ1) is 14.8. The monoisotopic (exact) mass is 280 g/mol. The van der Waals surface area contributed by atoms with Crippen molar-refractivity contribution in [2.24, 2.45) is 5.92 Å². The molecule has 0 bridgehead atoms. The van der Waals surface area contributed by atoms with Crippen LogP contribution in [0.1, 0.15) is 31.4 Å². The molecule has 0 saturated heterocycles. The van der Waals surface area contributed by atoms with E-state index < -0.39 is 0 Å². The molecule has 0 aromatic heterocycles. The topological polar surface area (TPSA) is 50.4 Å². The molecule has 1 unspecified atom stereocenters. The fourth-order valence-electron chi connectivity index (χ4n) is 1.93. The molecule has 20 heavy (non-hydrogen) atoms. The molecule has 2 N–H and O–H groups in total. The summed E-state index contributed by atoms with van der Waals surface area (Å²) in [6.07, 6.45) is 2.35. The van der Waals surface area contributed by atoms with Crippen LogP contribution in [0.3, 0.4) is 0 Å². The van der Waals surface area contributed by atoms with E-state index in [-0.39, 0.29) is 30.1 Å². The number of carbonyl (C=O) groups is 1. The van der Waals surface area contributed by atoms with Gasteiger partial charge in [0.25, 0.3) is 0 Å². The third-order valence-corrected chi connectivity index (χ3v) is 3.34. The number of likely N-dealkylation sites (N-methyl/N-ethyl adjacent to an activating group) is 1. The molecule has 1 aliphatic carbocycles. The van der Waals surface area contributed by atoms with Gasteiger partial charge in [-0.3, -0.25) is 4.79 Å². The van der Waals surface area contributed by atoms with Crippen molar-refractivity contribution in [3.63, 3.8) is 0 Å². The molecular formula is C15H21FN2O2. The predicted octanol–water partition coefficient (Wildman–Crippen LogP) is 2.01. The fraction of sp³-hybridized carbons (Fsp3) is 0.533. The van der Waals surface area contributed by atoms with Crippen molar-refractivity contribution >= 4 is 5.91 Å². The van der Waals surface area contributed by atoms with Crippen LogP contribution in [0.25, 0.3) is 0 Å². The number of carbonyl (C=O) groups excluding carboxylic acids is 1. The molecule has 0 heterocycles. The molecule has 1 aromatic rings. The minimum Gasteiger partial charge on any atom is -0.490 e. The first-order chi connectivity index (χ1) is 9.60. The number of nitrogens with one attached hydrogen (secondary N) is 2. The van der Waals surface area contributed by atoms with Crippen molar-refractivity contribution in [1.29, 1.82) is 0 Å². The van der Waals surface area contributed by atoms with E-state index in [2.05, 4.69) is 10.6 Å². The van der Waals surface area contributed by atoms with Crippen LogP contribution in [0.15, 0.2) is 18.2 Å². The average molecular weight is 280 g/mol. The summed E-state index contributed by atoms with van der Waals surface area (Å²) >= 11 is 0. The van der Waals surface area contributed by atoms with Gasteiger partial charge in [0.2, 0.25) is 5.91 Å². The molecule has 0 spiro atoms. The molecule has 0 aliphatic heterocycles. The van der Waals surface area contributed by atoms with Crippen LogP contribution < -0.4 is 15.4 Å². The Morgan fingerprint density at radius 3 is 2.85 bits per heavy atom. The smallest absolute Gasteiger partial charge is 0.234 e. The highest BCUT2D eigenvalue weighted by Gasteiger charge is 2.22. The van der Waals surface area contributed by atoms with E-state index in [0.717, 1.165) is 5.56 Å². The summed E-state index contributed by atoms with van der Waals surface area (Å²) in [6.45, 7) is 2.66. The zero-order chi connectivity index (χ0) is 14.5. The second kappa shape index (κ2) is 6.70. The zero-order valence-electron chi connectivity index (χ0n) is 11.9. The van der Waals surface area contributed by atoms with Crippen LogP contribution in [0.5, 0.6) is 5.75 Å². The Morgan fingerprint density at radius 2 is 2.25 bits per heavy atom. The SMILES string of the molecule is CNCC(=O)NC(C)c1ccc(OCC2CC2)c(F)c1.